The number of likely N-dealkylation sites (tertiary alicyclic amines) is 1. The molecule has 2 aliphatic rings. The Hall–Kier alpha value is -4.09. The normalized spacial score (nSPS) is 15.0. The summed E-state index contributed by atoms with van der Waals surface area (Å²) in [6, 6.07) is 7.85. The molecule has 10 nitrogen and oxygen atoms in total. The maximum atomic E-state index is 13.2. The Kier molecular flexibility index (Phi) is 7.80. The Morgan fingerprint density at radius 1 is 1.07 bits per heavy atom. The van der Waals surface area contributed by atoms with Gasteiger partial charge in [-0.3, -0.25) is 14.6 Å². The van der Waals surface area contributed by atoms with Crippen molar-refractivity contribution in [3.63, 3.8) is 0 Å². The molecule has 0 unspecified atom stereocenters. The number of pyridine rings is 1. The van der Waals surface area contributed by atoms with Crippen molar-refractivity contribution in [2.45, 2.75) is 39.0 Å². The molecular formula is C29H29ClN8O2S. The van der Waals surface area contributed by atoms with Gasteiger partial charge in [0.05, 0.1) is 29.3 Å². The lowest BCUT2D eigenvalue weighted by Gasteiger charge is -2.31. The molecule has 0 atom stereocenters. The smallest absolute Gasteiger partial charge is 0.265 e. The summed E-state index contributed by atoms with van der Waals surface area (Å²) >= 11 is 7.76. The average molecular weight is 589 g/mol. The molecule has 6 rings (SSSR count). The molecule has 210 valence electrons. The van der Waals surface area contributed by atoms with Crippen molar-refractivity contribution in [3.8, 4) is 0 Å². The molecule has 3 N–H and O–H groups in total. The van der Waals surface area contributed by atoms with E-state index >= 15 is 0 Å². The van der Waals surface area contributed by atoms with Gasteiger partial charge >= 0.3 is 0 Å². The summed E-state index contributed by atoms with van der Waals surface area (Å²) in [5, 5.41) is 10.0. The van der Waals surface area contributed by atoms with Crippen LogP contribution in [0, 0.1) is 12.8 Å². The van der Waals surface area contributed by atoms with Crippen LogP contribution in [-0.4, -0.2) is 49.7 Å². The standard InChI is InChI=1S/C29H29ClN8O2S/c1-17-26(41-16-33-17)28(40)38-8-6-18(7-9-38)11-25(39)36-24-5-4-21-12-20(24)3-2-19-10-22(14-31-13-19)35-29-32-15-23(30)27(34-21)37-29/h4-5,10,12-16,18H,2-3,6-9,11H2,1H3,(H,36,39)(H2,32,34,35,37). The summed E-state index contributed by atoms with van der Waals surface area (Å²) in [4.78, 5) is 45.9. The predicted molar refractivity (Wildman–Crippen MR) is 160 cm³/mol. The summed E-state index contributed by atoms with van der Waals surface area (Å²) in [5.41, 5.74) is 6.89. The molecule has 2 aliphatic heterocycles. The maximum absolute atomic E-state index is 13.2. The first kappa shape index (κ1) is 27.1. The molecule has 3 aromatic heterocycles. The molecule has 6 bridgehead atoms. The Balaban J connectivity index is 1.14. The number of piperidine rings is 1. The fourth-order valence-corrected chi connectivity index (χ4v) is 6.11. The third kappa shape index (κ3) is 6.31. The highest BCUT2D eigenvalue weighted by Crippen LogP contribution is 2.30. The van der Waals surface area contributed by atoms with Crippen LogP contribution < -0.4 is 16.0 Å². The molecule has 1 saturated heterocycles. The first-order valence-electron chi connectivity index (χ1n) is 13.5. The fraction of sp³-hybridized carbons (Fsp3) is 0.310. The molecule has 2 amide bonds. The number of fused-ring (bicyclic) bond motifs is 6. The number of anilines is 5. The van der Waals surface area contributed by atoms with E-state index in [2.05, 4.69) is 35.9 Å². The Morgan fingerprint density at radius 3 is 2.73 bits per heavy atom. The summed E-state index contributed by atoms with van der Waals surface area (Å²) in [7, 11) is 0. The van der Waals surface area contributed by atoms with Gasteiger partial charge in [-0.15, -0.1) is 11.3 Å². The quantitative estimate of drug-likeness (QED) is 0.275. The van der Waals surface area contributed by atoms with Crippen molar-refractivity contribution < 1.29 is 9.59 Å². The van der Waals surface area contributed by atoms with Crippen LogP contribution in [-0.2, 0) is 17.6 Å². The Labute approximate surface area is 246 Å². The average Bonchev–Trinajstić information content (AvgIpc) is 3.40. The number of benzene rings is 1. The van der Waals surface area contributed by atoms with E-state index in [4.69, 9.17) is 11.6 Å². The number of nitrogens with one attached hydrogen (secondary N) is 3. The van der Waals surface area contributed by atoms with E-state index in [0.29, 0.717) is 47.6 Å². The van der Waals surface area contributed by atoms with Crippen molar-refractivity contribution in [2.75, 3.05) is 29.0 Å². The monoisotopic (exact) mass is 588 g/mol. The number of halogens is 1. The number of carbonyl (C=O) groups excluding carboxylic acids is 2. The predicted octanol–water partition coefficient (Wildman–Crippen LogP) is 5.76. The summed E-state index contributed by atoms with van der Waals surface area (Å²) in [5.74, 6) is 1.13. The van der Waals surface area contributed by atoms with Gasteiger partial charge in [0, 0.05) is 37.1 Å². The van der Waals surface area contributed by atoms with Crippen molar-refractivity contribution in [1.82, 2.24) is 24.8 Å². The number of hydrogen-bond acceptors (Lipinski definition) is 9. The maximum Gasteiger partial charge on any atom is 0.265 e. The number of aryl methyl sites for hydroxylation is 3. The second-order valence-corrected chi connectivity index (χ2v) is 11.6. The van der Waals surface area contributed by atoms with Crippen molar-refractivity contribution >= 4 is 63.6 Å². The van der Waals surface area contributed by atoms with Crippen molar-refractivity contribution in [2.24, 2.45) is 5.92 Å². The minimum absolute atomic E-state index is 0.0238. The summed E-state index contributed by atoms with van der Waals surface area (Å²) in [6.45, 7) is 3.16. The highest BCUT2D eigenvalue weighted by molar-refractivity contribution is 7.11. The number of thiazole rings is 1. The van der Waals surface area contributed by atoms with Gasteiger partial charge in [-0.05, 0) is 73.9 Å². The zero-order valence-corrected chi connectivity index (χ0v) is 24.1. The summed E-state index contributed by atoms with van der Waals surface area (Å²) < 4.78 is 0. The molecule has 1 aromatic carbocycles. The van der Waals surface area contributed by atoms with Gasteiger partial charge in [-0.2, -0.15) is 4.98 Å². The molecular weight excluding hydrogens is 560 g/mol. The second kappa shape index (κ2) is 11.8. The van der Waals surface area contributed by atoms with E-state index in [1.165, 1.54) is 11.3 Å². The van der Waals surface area contributed by atoms with Gasteiger partial charge in [-0.25, -0.2) is 9.97 Å². The number of hydrogen-bond donors (Lipinski definition) is 3. The molecule has 4 aromatic rings. The van der Waals surface area contributed by atoms with E-state index in [-0.39, 0.29) is 17.7 Å². The number of amides is 2. The van der Waals surface area contributed by atoms with E-state index in [0.717, 1.165) is 53.1 Å². The third-order valence-electron chi connectivity index (χ3n) is 7.44. The third-order valence-corrected chi connectivity index (χ3v) is 8.63. The van der Waals surface area contributed by atoms with Crippen molar-refractivity contribution in [1.29, 1.82) is 0 Å². The molecule has 41 heavy (non-hydrogen) atoms. The van der Waals surface area contributed by atoms with Gasteiger partial charge in [0.1, 0.15) is 9.90 Å². The topological polar surface area (TPSA) is 125 Å². The van der Waals surface area contributed by atoms with Gasteiger partial charge in [0.25, 0.3) is 5.91 Å². The SMILES string of the molecule is Cc1ncsc1C(=O)N1CCC(CC(=O)Nc2ccc3cc2CCc2cncc(c2)Nc2ncc(Cl)c(n2)N3)CC1. The lowest BCUT2D eigenvalue weighted by molar-refractivity contribution is -0.117. The van der Waals surface area contributed by atoms with Crippen LogP contribution in [0.25, 0.3) is 0 Å². The highest BCUT2D eigenvalue weighted by atomic mass is 35.5. The zero-order chi connectivity index (χ0) is 28.3. The van der Waals surface area contributed by atoms with E-state index < -0.39 is 0 Å². The Bertz CT molecular complexity index is 1600. The van der Waals surface area contributed by atoms with Crippen LogP contribution in [0.1, 0.15) is 45.8 Å². The van der Waals surface area contributed by atoms with Crippen LogP contribution in [0.2, 0.25) is 5.02 Å². The zero-order valence-electron chi connectivity index (χ0n) is 22.5. The minimum Gasteiger partial charge on any atom is -0.339 e. The van der Waals surface area contributed by atoms with Crippen LogP contribution in [0.3, 0.4) is 0 Å². The largest absolute Gasteiger partial charge is 0.339 e. The first-order valence-corrected chi connectivity index (χ1v) is 14.8. The van der Waals surface area contributed by atoms with E-state index in [1.807, 2.05) is 42.3 Å². The number of carbonyl (C=O) groups is 2. The molecule has 0 aliphatic carbocycles. The number of rotatable bonds is 4. The molecule has 12 heteroatoms. The van der Waals surface area contributed by atoms with Crippen LogP contribution in [0.5, 0.6) is 0 Å². The Morgan fingerprint density at radius 2 is 1.93 bits per heavy atom. The highest BCUT2D eigenvalue weighted by Gasteiger charge is 2.27. The lowest BCUT2D eigenvalue weighted by Crippen LogP contribution is -2.39. The minimum atomic E-state index is -0.0238. The fourth-order valence-electron chi connectivity index (χ4n) is 5.21. The van der Waals surface area contributed by atoms with Crippen LogP contribution in [0.15, 0.2) is 48.4 Å². The van der Waals surface area contributed by atoms with E-state index in [9.17, 15) is 9.59 Å². The van der Waals surface area contributed by atoms with Gasteiger partial charge in [-0.1, -0.05) is 11.6 Å². The van der Waals surface area contributed by atoms with Gasteiger partial charge in [0.15, 0.2) is 5.82 Å². The van der Waals surface area contributed by atoms with E-state index in [1.54, 1.807) is 17.9 Å². The van der Waals surface area contributed by atoms with Gasteiger partial charge < -0.3 is 20.9 Å². The van der Waals surface area contributed by atoms with Crippen molar-refractivity contribution in [3.05, 3.63) is 75.1 Å². The van der Waals surface area contributed by atoms with Crippen LogP contribution in [0.4, 0.5) is 28.8 Å². The first-order chi connectivity index (χ1) is 19.9. The number of nitrogens with zero attached hydrogens (tertiary/aromatic N) is 5. The summed E-state index contributed by atoms with van der Waals surface area (Å²) in [6.07, 6.45) is 8.56. The molecule has 5 heterocycles. The molecule has 0 saturated carbocycles. The second-order valence-electron chi connectivity index (χ2n) is 10.3. The number of aromatic nitrogens is 4. The molecule has 0 spiro atoms. The molecule has 1 fully saturated rings. The molecule has 0 radical (unpaired) electrons. The van der Waals surface area contributed by atoms with Crippen LogP contribution >= 0.6 is 22.9 Å². The lowest BCUT2D eigenvalue weighted by atomic mass is 9.93. The van der Waals surface area contributed by atoms with Gasteiger partial charge in [0.2, 0.25) is 11.9 Å².